The third-order valence-corrected chi connectivity index (χ3v) is 1.71. The number of halogens is 1. The van der Waals surface area contributed by atoms with Gasteiger partial charge in [-0.15, -0.1) is 0 Å². The Bertz CT molecular complexity index is 315. The van der Waals surface area contributed by atoms with Crippen molar-refractivity contribution in [3.63, 3.8) is 0 Å². The van der Waals surface area contributed by atoms with Gasteiger partial charge in [0.2, 0.25) is 5.24 Å². The molecule has 0 aliphatic heterocycles. The van der Waals surface area contributed by atoms with Crippen molar-refractivity contribution in [1.29, 1.82) is 0 Å². The van der Waals surface area contributed by atoms with Gasteiger partial charge in [-0.05, 0) is 41.8 Å². The van der Waals surface area contributed by atoms with Gasteiger partial charge in [0.25, 0.3) is 0 Å². The second-order valence-corrected chi connectivity index (χ2v) is 2.87. The minimum absolute atomic E-state index is 0.446. The number of hydrogen-bond acceptors (Lipinski definition) is 1. The number of rotatable bonds is 2. The molecule has 0 fully saturated rings. The van der Waals surface area contributed by atoms with E-state index in [0.717, 1.165) is 11.1 Å². The summed E-state index contributed by atoms with van der Waals surface area (Å²) in [6, 6.07) is 7.80. The Kier molecular flexibility index (Phi) is 3.06. The molecule has 0 saturated carbocycles. The molecule has 1 aromatic carbocycles. The molecule has 0 atom stereocenters. The zero-order valence-electron chi connectivity index (χ0n) is 6.75. The third kappa shape index (κ3) is 2.51. The predicted octanol–water partition coefficient (Wildman–Crippen LogP) is 2.77. The molecule has 0 saturated heterocycles. The third-order valence-electron chi connectivity index (χ3n) is 1.58. The van der Waals surface area contributed by atoms with Crippen LogP contribution in [0.5, 0.6) is 0 Å². The molecule has 0 radical (unpaired) electrons. The molecule has 62 valence electrons. The first-order chi connectivity index (χ1) is 5.70. The average molecular weight is 181 g/mol. The summed E-state index contributed by atoms with van der Waals surface area (Å²) in [5.41, 5.74) is 2.15. The Morgan fingerprint density at radius 3 is 2.67 bits per heavy atom. The van der Waals surface area contributed by atoms with Crippen molar-refractivity contribution in [2.45, 2.75) is 6.92 Å². The number of hydrogen-bond donors (Lipinski definition) is 0. The highest BCUT2D eigenvalue weighted by Crippen LogP contribution is 2.08. The largest absolute Gasteiger partial charge is 0.276 e. The van der Waals surface area contributed by atoms with Gasteiger partial charge in [-0.1, -0.05) is 24.3 Å². The number of aryl methyl sites for hydroxylation is 1. The average Bonchev–Trinajstić information content (AvgIpc) is 2.03. The lowest BCUT2D eigenvalue weighted by Crippen LogP contribution is -1.80. The monoisotopic (exact) mass is 180 g/mol. The van der Waals surface area contributed by atoms with Crippen molar-refractivity contribution in [1.82, 2.24) is 0 Å². The number of carbonyl (C=O) groups is 1. The molecule has 0 aliphatic carbocycles. The molecule has 0 bridgehead atoms. The summed E-state index contributed by atoms with van der Waals surface area (Å²) in [6.45, 7) is 1.98. The van der Waals surface area contributed by atoms with E-state index in [0.29, 0.717) is 0 Å². The SMILES string of the molecule is Cc1ccccc1C=CC(=O)Cl. The maximum atomic E-state index is 10.4. The second kappa shape index (κ2) is 4.07. The molecule has 0 heterocycles. The molecule has 0 aromatic heterocycles. The van der Waals surface area contributed by atoms with Crippen LogP contribution < -0.4 is 0 Å². The summed E-state index contributed by atoms with van der Waals surface area (Å²) in [7, 11) is 0. The van der Waals surface area contributed by atoms with Crippen LogP contribution in [0.15, 0.2) is 30.3 Å². The molecule has 1 rings (SSSR count). The normalized spacial score (nSPS) is 10.5. The second-order valence-electron chi connectivity index (χ2n) is 2.49. The molecule has 12 heavy (non-hydrogen) atoms. The van der Waals surface area contributed by atoms with Crippen molar-refractivity contribution >= 4 is 22.9 Å². The van der Waals surface area contributed by atoms with Gasteiger partial charge < -0.3 is 0 Å². The van der Waals surface area contributed by atoms with Gasteiger partial charge in [0.1, 0.15) is 0 Å². The first-order valence-corrected chi connectivity index (χ1v) is 4.01. The smallest absolute Gasteiger partial charge is 0.245 e. The van der Waals surface area contributed by atoms with Crippen molar-refractivity contribution < 1.29 is 4.79 Å². The van der Waals surface area contributed by atoms with Crippen molar-refractivity contribution in [3.8, 4) is 0 Å². The summed E-state index contributed by atoms with van der Waals surface area (Å²) in [4.78, 5) is 10.4. The molecule has 1 nitrogen and oxygen atoms in total. The van der Waals surface area contributed by atoms with E-state index < -0.39 is 5.24 Å². The van der Waals surface area contributed by atoms with Crippen molar-refractivity contribution in [2.24, 2.45) is 0 Å². The van der Waals surface area contributed by atoms with Crippen molar-refractivity contribution in [2.75, 3.05) is 0 Å². The fourth-order valence-corrected chi connectivity index (χ4v) is 0.992. The summed E-state index contributed by atoms with van der Waals surface area (Å²) in [5.74, 6) is 0. The van der Waals surface area contributed by atoms with Gasteiger partial charge in [0, 0.05) is 0 Å². The van der Waals surface area contributed by atoms with E-state index in [9.17, 15) is 4.79 Å². The highest BCUT2D eigenvalue weighted by atomic mass is 35.5. The lowest BCUT2D eigenvalue weighted by atomic mass is 10.1. The zero-order chi connectivity index (χ0) is 8.97. The maximum absolute atomic E-state index is 10.4. The summed E-state index contributed by atoms with van der Waals surface area (Å²) < 4.78 is 0. The minimum Gasteiger partial charge on any atom is -0.276 e. The van der Waals surface area contributed by atoms with Crippen LogP contribution in [-0.2, 0) is 4.79 Å². The quantitative estimate of drug-likeness (QED) is 0.505. The Labute approximate surface area is 76.7 Å². The fraction of sp³-hybridized carbons (Fsp3) is 0.100. The van der Waals surface area contributed by atoms with Crippen LogP contribution >= 0.6 is 11.6 Å². The first-order valence-electron chi connectivity index (χ1n) is 3.63. The number of carbonyl (C=O) groups excluding carboxylic acids is 1. The van der Waals surface area contributed by atoms with Crippen LogP contribution in [0.3, 0.4) is 0 Å². The summed E-state index contributed by atoms with van der Waals surface area (Å²) in [5, 5.41) is -0.446. The van der Waals surface area contributed by atoms with Gasteiger partial charge in [-0.3, -0.25) is 4.79 Å². The topological polar surface area (TPSA) is 17.1 Å². The Morgan fingerprint density at radius 2 is 2.08 bits per heavy atom. The minimum atomic E-state index is -0.446. The van der Waals surface area contributed by atoms with Crippen LogP contribution in [0, 0.1) is 6.92 Å². The Hall–Kier alpha value is -1.08. The van der Waals surface area contributed by atoms with Crippen LogP contribution in [-0.4, -0.2) is 5.24 Å². The van der Waals surface area contributed by atoms with E-state index in [2.05, 4.69) is 0 Å². The van der Waals surface area contributed by atoms with E-state index in [1.54, 1.807) is 6.08 Å². The fourth-order valence-electron chi connectivity index (χ4n) is 0.929. The van der Waals surface area contributed by atoms with E-state index in [1.165, 1.54) is 6.08 Å². The van der Waals surface area contributed by atoms with E-state index >= 15 is 0 Å². The standard InChI is InChI=1S/C10H9ClO/c1-8-4-2-3-5-9(8)6-7-10(11)12/h2-7H,1H3. The number of benzene rings is 1. The lowest BCUT2D eigenvalue weighted by molar-refractivity contribution is -0.107. The zero-order valence-corrected chi connectivity index (χ0v) is 7.51. The predicted molar refractivity (Wildman–Crippen MR) is 51.1 cm³/mol. The van der Waals surface area contributed by atoms with Gasteiger partial charge in [0.05, 0.1) is 0 Å². The van der Waals surface area contributed by atoms with Crippen LogP contribution in [0.2, 0.25) is 0 Å². The lowest BCUT2D eigenvalue weighted by Gasteiger charge is -1.96. The number of allylic oxidation sites excluding steroid dienone is 1. The summed E-state index contributed by atoms with van der Waals surface area (Å²) in [6.07, 6.45) is 3.06. The molecule has 0 aliphatic rings. The van der Waals surface area contributed by atoms with Gasteiger partial charge in [-0.25, -0.2) is 0 Å². The van der Waals surface area contributed by atoms with Gasteiger partial charge in [-0.2, -0.15) is 0 Å². The highest BCUT2D eigenvalue weighted by molar-refractivity contribution is 6.66. The van der Waals surface area contributed by atoms with E-state index in [-0.39, 0.29) is 0 Å². The maximum Gasteiger partial charge on any atom is 0.245 e. The molecular weight excluding hydrogens is 172 g/mol. The van der Waals surface area contributed by atoms with Crippen molar-refractivity contribution in [3.05, 3.63) is 41.5 Å². The molecule has 1 aromatic rings. The highest BCUT2D eigenvalue weighted by Gasteiger charge is 1.91. The molecule has 2 heteroatoms. The molecule has 0 amide bonds. The molecule has 0 spiro atoms. The van der Waals surface area contributed by atoms with E-state index in [1.807, 2.05) is 31.2 Å². The molecule has 0 N–H and O–H groups in total. The molecular formula is C10H9ClO. The van der Waals surface area contributed by atoms with Crippen LogP contribution in [0.25, 0.3) is 6.08 Å². The van der Waals surface area contributed by atoms with Gasteiger partial charge in [0.15, 0.2) is 0 Å². The van der Waals surface area contributed by atoms with Crippen LogP contribution in [0.4, 0.5) is 0 Å². The first kappa shape index (κ1) is 9.01. The summed E-state index contributed by atoms with van der Waals surface area (Å²) >= 11 is 5.15. The Balaban J connectivity index is 2.89. The van der Waals surface area contributed by atoms with E-state index in [4.69, 9.17) is 11.6 Å². The van der Waals surface area contributed by atoms with Crippen LogP contribution in [0.1, 0.15) is 11.1 Å². The molecule has 0 unspecified atom stereocenters. The Morgan fingerprint density at radius 1 is 1.42 bits per heavy atom. The van der Waals surface area contributed by atoms with Gasteiger partial charge >= 0.3 is 0 Å².